The summed E-state index contributed by atoms with van der Waals surface area (Å²) >= 11 is 0. The Morgan fingerprint density at radius 2 is 1.74 bits per heavy atom. The lowest BCUT2D eigenvalue weighted by atomic mass is 9.96. The number of hydrogen-bond acceptors (Lipinski definition) is 4. The van der Waals surface area contributed by atoms with E-state index in [1.165, 1.54) is 19.3 Å². The maximum absolute atomic E-state index is 12.7. The molecule has 2 aliphatic carbocycles. The van der Waals surface area contributed by atoms with Gasteiger partial charge in [0, 0.05) is 29.9 Å². The molecule has 2 aliphatic rings. The summed E-state index contributed by atoms with van der Waals surface area (Å²) in [6.45, 7) is 0.456. The molecule has 3 aromatic rings. The summed E-state index contributed by atoms with van der Waals surface area (Å²) in [5, 5.41) is 0. The molecule has 0 unspecified atom stereocenters. The third-order valence-electron chi connectivity index (χ3n) is 6.77. The summed E-state index contributed by atoms with van der Waals surface area (Å²) in [5.41, 5.74) is 4.93. The maximum atomic E-state index is 12.7. The second kappa shape index (κ2) is 9.80. The van der Waals surface area contributed by atoms with Gasteiger partial charge in [-0.25, -0.2) is 0 Å². The summed E-state index contributed by atoms with van der Waals surface area (Å²) in [7, 11) is 3.48. The van der Waals surface area contributed by atoms with Gasteiger partial charge in [0.1, 0.15) is 23.9 Å². The Balaban J connectivity index is 1.49. The van der Waals surface area contributed by atoms with Crippen LogP contribution in [0.2, 0.25) is 0 Å². The van der Waals surface area contributed by atoms with Crippen molar-refractivity contribution < 1.29 is 14.2 Å². The predicted molar refractivity (Wildman–Crippen MR) is 135 cm³/mol. The fourth-order valence-electron chi connectivity index (χ4n) is 4.87. The van der Waals surface area contributed by atoms with Crippen LogP contribution in [0.15, 0.2) is 59.5 Å². The number of rotatable bonds is 7. The van der Waals surface area contributed by atoms with Gasteiger partial charge in [0.25, 0.3) is 5.56 Å². The summed E-state index contributed by atoms with van der Waals surface area (Å²) in [5.74, 6) is 2.45. The Bertz CT molecular complexity index is 1250. The minimum atomic E-state index is 0.0606. The van der Waals surface area contributed by atoms with Crippen molar-refractivity contribution >= 4 is 6.08 Å². The third-order valence-corrected chi connectivity index (χ3v) is 6.77. The third kappa shape index (κ3) is 4.60. The number of hydrogen-bond donors (Lipinski definition) is 0. The van der Waals surface area contributed by atoms with E-state index in [4.69, 9.17) is 14.2 Å². The van der Waals surface area contributed by atoms with Crippen LogP contribution in [0.1, 0.15) is 48.8 Å². The van der Waals surface area contributed by atoms with Gasteiger partial charge in [-0.3, -0.25) is 4.79 Å². The Labute approximate surface area is 200 Å². The lowest BCUT2D eigenvalue weighted by Crippen LogP contribution is -2.22. The van der Waals surface area contributed by atoms with Crippen LogP contribution in [0, 0.1) is 0 Å². The molecule has 176 valence electrons. The monoisotopic (exact) mass is 457 g/mol. The van der Waals surface area contributed by atoms with Crippen LogP contribution in [-0.2, 0) is 20.1 Å². The summed E-state index contributed by atoms with van der Waals surface area (Å²) < 4.78 is 19.6. The molecule has 0 radical (unpaired) electrons. The number of benzene rings is 2. The maximum Gasteiger partial charge on any atom is 0.254 e. The van der Waals surface area contributed by atoms with Crippen LogP contribution < -0.4 is 19.8 Å². The Hall–Kier alpha value is -3.47. The topological polar surface area (TPSA) is 49.7 Å². The van der Waals surface area contributed by atoms with E-state index in [-0.39, 0.29) is 11.7 Å². The number of pyridine rings is 1. The molecule has 5 nitrogen and oxygen atoms in total. The van der Waals surface area contributed by atoms with Gasteiger partial charge in [0.05, 0.1) is 13.2 Å². The highest BCUT2D eigenvalue weighted by atomic mass is 16.5. The van der Waals surface area contributed by atoms with Gasteiger partial charge in [-0.1, -0.05) is 30.7 Å². The molecule has 0 amide bonds. The van der Waals surface area contributed by atoms with Gasteiger partial charge in [-0.05, 0) is 73.6 Å². The zero-order chi connectivity index (χ0) is 23.5. The molecule has 2 aromatic carbocycles. The van der Waals surface area contributed by atoms with Gasteiger partial charge in [-0.2, -0.15) is 0 Å². The average molecular weight is 458 g/mol. The van der Waals surface area contributed by atoms with Gasteiger partial charge in [0.2, 0.25) is 0 Å². The average Bonchev–Trinajstić information content (AvgIpc) is 3.37. The zero-order valence-electron chi connectivity index (χ0n) is 19.9. The van der Waals surface area contributed by atoms with E-state index in [2.05, 4.69) is 12.2 Å². The SMILES string of the molecule is COc1ccc(COc2ccc(OC3CCCCC3)c(-c3cn(C)c(=O)c4c3C=CC4)c2)cc1. The highest BCUT2D eigenvalue weighted by molar-refractivity contribution is 5.82. The Morgan fingerprint density at radius 1 is 0.971 bits per heavy atom. The molecule has 5 heteroatoms. The van der Waals surface area contributed by atoms with E-state index in [9.17, 15) is 4.79 Å². The van der Waals surface area contributed by atoms with Crippen molar-refractivity contribution in [1.29, 1.82) is 0 Å². The molecule has 1 heterocycles. The molecule has 5 rings (SSSR count). The first-order valence-corrected chi connectivity index (χ1v) is 12.1. The molecule has 0 aliphatic heterocycles. The van der Waals surface area contributed by atoms with Crippen LogP contribution in [-0.4, -0.2) is 17.8 Å². The van der Waals surface area contributed by atoms with E-state index >= 15 is 0 Å². The van der Waals surface area contributed by atoms with Crippen molar-refractivity contribution in [3.63, 3.8) is 0 Å². The number of aromatic nitrogens is 1. The van der Waals surface area contributed by atoms with Crippen LogP contribution >= 0.6 is 0 Å². The number of allylic oxidation sites excluding steroid dienone is 1. The quantitative estimate of drug-likeness (QED) is 0.442. The number of ether oxygens (including phenoxy) is 3. The van der Waals surface area contributed by atoms with Gasteiger partial charge in [-0.15, -0.1) is 0 Å². The largest absolute Gasteiger partial charge is 0.497 e. The van der Waals surface area contributed by atoms with E-state index in [0.717, 1.165) is 57.9 Å². The molecule has 1 fully saturated rings. The van der Waals surface area contributed by atoms with Crippen molar-refractivity contribution in [2.75, 3.05) is 7.11 Å². The minimum Gasteiger partial charge on any atom is -0.497 e. The van der Waals surface area contributed by atoms with E-state index in [1.54, 1.807) is 11.7 Å². The molecule has 0 spiro atoms. The fraction of sp³-hybridized carbons (Fsp3) is 0.345. The first-order chi connectivity index (χ1) is 16.6. The molecule has 0 atom stereocenters. The zero-order valence-corrected chi connectivity index (χ0v) is 19.9. The molecular weight excluding hydrogens is 426 g/mol. The number of nitrogens with zero attached hydrogens (tertiary/aromatic N) is 1. The normalized spacial score (nSPS) is 15.2. The van der Waals surface area contributed by atoms with Crippen LogP contribution in [0.5, 0.6) is 17.2 Å². The van der Waals surface area contributed by atoms with Crippen molar-refractivity contribution in [2.45, 2.75) is 51.2 Å². The van der Waals surface area contributed by atoms with Crippen molar-refractivity contribution in [3.8, 4) is 28.4 Å². The highest BCUT2D eigenvalue weighted by Gasteiger charge is 2.22. The lowest BCUT2D eigenvalue weighted by Gasteiger charge is -2.25. The van der Waals surface area contributed by atoms with Crippen LogP contribution in [0.4, 0.5) is 0 Å². The van der Waals surface area contributed by atoms with E-state index in [0.29, 0.717) is 13.0 Å². The number of fused-ring (bicyclic) bond motifs is 1. The van der Waals surface area contributed by atoms with Crippen molar-refractivity contribution in [1.82, 2.24) is 4.57 Å². The Morgan fingerprint density at radius 3 is 2.50 bits per heavy atom. The molecule has 0 N–H and O–H groups in total. The van der Waals surface area contributed by atoms with Crippen LogP contribution in [0.3, 0.4) is 0 Å². The molecule has 34 heavy (non-hydrogen) atoms. The van der Waals surface area contributed by atoms with Gasteiger partial charge in [0.15, 0.2) is 0 Å². The molecule has 1 saturated carbocycles. The predicted octanol–water partition coefficient (Wildman–Crippen LogP) is 5.92. The smallest absolute Gasteiger partial charge is 0.254 e. The summed E-state index contributed by atoms with van der Waals surface area (Å²) in [6, 6.07) is 13.9. The Kier molecular flexibility index (Phi) is 6.43. The van der Waals surface area contributed by atoms with Crippen molar-refractivity contribution in [3.05, 3.63) is 81.8 Å². The first kappa shape index (κ1) is 22.3. The van der Waals surface area contributed by atoms with Gasteiger partial charge < -0.3 is 18.8 Å². The van der Waals surface area contributed by atoms with E-state index < -0.39 is 0 Å². The fourth-order valence-corrected chi connectivity index (χ4v) is 4.87. The summed E-state index contributed by atoms with van der Waals surface area (Å²) in [4.78, 5) is 12.7. The van der Waals surface area contributed by atoms with E-state index in [1.807, 2.05) is 55.7 Å². The second-order valence-electron chi connectivity index (χ2n) is 9.13. The standard InChI is InChI=1S/C29H31NO4/c1-30-18-27(24-9-6-10-25(24)29(30)31)26-17-23(33-19-20-11-13-21(32-2)14-12-20)15-16-28(26)34-22-7-4-3-5-8-22/h6,9,11-18,22H,3-5,7-8,10,19H2,1-2H3. The molecular formula is C29H31NO4. The molecule has 1 aromatic heterocycles. The molecule has 0 bridgehead atoms. The minimum absolute atomic E-state index is 0.0606. The van der Waals surface area contributed by atoms with Crippen LogP contribution in [0.25, 0.3) is 17.2 Å². The molecule has 0 saturated heterocycles. The van der Waals surface area contributed by atoms with Gasteiger partial charge >= 0.3 is 0 Å². The number of methoxy groups -OCH3 is 1. The second-order valence-corrected chi connectivity index (χ2v) is 9.13. The summed E-state index contributed by atoms with van der Waals surface area (Å²) in [6.07, 6.45) is 12.8. The first-order valence-electron chi connectivity index (χ1n) is 12.1. The lowest BCUT2D eigenvalue weighted by molar-refractivity contribution is 0.155. The van der Waals surface area contributed by atoms with Crippen molar-refractivity contribution in [2.24, 2.45) is 7.05 Å². The highest BCUT2D eigenvalue weighted by Crippen LogP contribution is 2.39. The number of aryl methyl sites for hydroxylation is 1.